The monoisotopic (exact) mass is 456 g/mol. The third kappa shape index (κ3) is 3.75. The molecule has 1 heterocycles. The molecule has 0 saturated heterocycles. The van der Waals surface area contributed by atoms with Gasteiger partial charge in [0, 0.05) is 29.2 Å². The number of nitrogens with one attached hydrogen (secondary N) is 2. The molecule has 0 amide bonds. The van der Waals surface area contributed by atoms with E-state index < -0.39 is 0 Å². The number of Topliss-reactive ketones (excluding diaryl/α,β-unsaturated/α-hetero) is 1. The van der Waals surface area contributed by atoms with Crippen LogP contribution in [0.25, 0.3) is 0 Å². The molecule has 5 rings (SSSR count). The SMILES string of the molecule is COc1ccccc1[C@@H]1CC(=O)C2=C(C1)Nc1ccccc1N[C@@H]2c1cccc(OC)c1OC. The Morgan fingerprint density at radius 2 is 1.41 bits per heavy atom. The van der Waals surface area contributed by atoms with Gasteiger partial charge in [0.15, 0.2) is 17.3 Å². The van der Waals surface area contributed by atoms with E-state index in [0.717, 1.165) is 39.5 Å². The summed E-state index contributed by atoms with van der Waals surface area (Å²) in [7, 11) is 4.91. The van der Waals surface area contributed by atoms with E-state index in [0.29, 0.717) is 24.3 Å². The zero-order valence-corrected chi connectivity index (χ0v) is 19.6. The number of carbonyl (C=O) groups is 1. The van der Waals surface area contributed by atoms with Crippen LogP contribution in [-0.4, -0.2) is 27.1 Å². The molecule has 0 bridgehead atoms. The van der Waals surface area contributed by atoms with E-state index in [2.05, 4.69) is 10.6 Å². The van der Waals surface area contributed by atoms with Gasteiger partial charge in [-0.1, -0.05) is 42.5 Å². The molecule has 0 spiro atoms. The molecule has 174 valence electrons. The van der Waals surface area contributed by atoms with Gasteiger partial charge in [-0.25, -0.2) is 0 Å². The molecule has 6 heteroatoms. The lowest BCUT2D eigenvalue weighted by Gasteiger charge is -2.31. The van der Waals surface area contributed by atoms with Crippen molar-refractivity contribution in [2.45, 2.75) is 24.8 Å². The second-order valence-electron chi connectivity index (χ2n) is 8.49. The fourth-order valence-electron chi connectivity index (χ4n) is 5.09. The van der Waals surface area contributed by atoms with Gasteiger partial charge in [-0.3, -0.25) is 4.79 Å². The second kappa shape index (κ2) is 9.14. The summed E-state index contributed by atoms with van der Waals surface area (Å²) in [5.74, 6) is 2.17. The predicted octanol–water partition coefficient (Wildman–Crippen LogP) is 5.69. The Hall–Kier alpha value is -3.93. The van der Waals surface area contributed by atoms with E-state index in [1.165, 1.54) is 0 Å². The fraction of sp³-hybridized carbons (Fsp3) is 0.250. The molecule has 34 heavy (non-hydrogen) atoms. The van der Waals surface area contributed by atoms with Gasteiger partial charge in [-0.05, 0) is 36.2 Å². The summed E-state index contributed by atoms with van der Waals surface area (Å²) in [6, 6.07) is 21.3. The van der Waals surface area contributed by atoms with Crippen molar-refractivity contribution in [3.05, 3.63) is 89.1 Å². The Balaban J connectivity index is 1.66. The Morgan fingerprint density at radius 1 is 0.735 bits per heavy atom. The first kappa shape index (κ1) is 21.9. The highest BCUT2D eigenvalue weighted by Crippen LogP contribution is 2.48. The third-order valence-electron chi connectivity index (χ3n) is 6.63. The molecule has 3 aromatic rings. The van der Waals surface area contributed by atoms with Gasteiger partial charge in [0.05, 0.1) is 38.7 Å². The molecule has 0 fully saturated rings. The normalized spacial score (nSPS) is 19.2. The van der Waals surface area contributed by atoms with Crippen molar-refractivity contribution < 1.29 is 19.0 Å². The van der Waals surface area contributed by atoms with Crippen molar-refractivity contribution in [3.63, 3.8) is 0 Å². The van der Waals surface area contributed by atoms with Crippen molar-refractivity contribution in [1.29, 1.82) is 0 Å². The Morgan fingerprint density at radius 3 is 2.18 bits per heavy atom. The van der Waals surface area contributed by atoms with E-state index in [-0.39, 0.29) is 17.7 Å². The summed E-state index contributed by atoms with van der Waals surface area (Å²) in [5.41, 5.74) is 5.42. The minimum Gasteiger partial charge on any atom is -0.496 e. The fourth-order valence-corrected chi connectivity index (χ4v) is 5.09. The maximum atomic E-state index is 13.8. The van der Waals surface area contributed by atoms with Crippen molar-refractivity contribution in [2.24, 2.45) is 0 Å². The van der Waals surface area contributed by atoms with E-state index in [4.69, 9.17) is 14.2 Å². The third-order valence-corrected chi connectivity index (χ3v) is 6.63. The van der Waals surface area contributed by atoms with Crippen LogP contribution >= 0.6 is 0 Å². The smallest absolute Gasteiger partial charge is 0.166 e. The largest absolute Gasteiger partial charge is 0.496 e. The maximum Gasteiger partial charge on any atom is 0.166 e. The molecule has 0 saturated carbocycles. The predicted molar refractivity (Wildman–Crippen MR) is 133 cm³/mol. The maximum absolute atomic E-state index is 13.8. The number of allylic oxidation sites excluding steroid dienone is 1. The van der Waals surface area contributed by atoms with E-state index in [9.17, 15) is 4.79 Å². The summed E-state index contributed by atoms with van der Waals surface area (Å²) in [6.45, 7) is 0. The highest BCUT2D eigenvalue weighted by Gasteiger charge is 2.38. The minimum atomic E-state index is -0.387. The highest BCUT2D eigenvalue weighted by atomic mass is 16.5. The van der Waals surface area contributed by atoms with Crippen LogP contribution in [0.3, 0.4) is 0 Å². The molecule has 3 aromatic carbocycles. The molecular formula is C28H28N2O4. The van der Waals surface area contributed by atoms with Crippen LogP contribution in [0, 0.1) is 0 Å². The number of carbonyl (C=O) groups excluding carboxylic acids is 1. The van der Waals surface area contributed by atoms with Crippen LogP contribution in [0.2, 0.25) is 0 Å². The van der Waals surface area contributed by atoms with Crippen LogP contribution in [0.15, 0.2) is 78.0 Å². The summed E-state index contributed by atoms with van der Waals surface area (Å²) >= 11 is 0. The summed E-state index contributed by atoms with van der Waals surface area (Å²) < 4.78 is 16.9. The number of benzene rings is 3. The molecule has 2 aliphatic rings. The lowest BCUT2D eigenvalue weighted by Crippen LogP contribution is -2.27. The van der Waals surface area contributed by atoms with Gasteiger partial charge in [-0.2, -0.15) is 0 Å². The van der Waals surface area contributed by atoms with Gasteiger partial charge in [-0.15, -0.1) is 0 Å². The van der Waals surface area contributed by atoms with Crippen LogP contribution in [0.4, 0.5) is 11.4 Å². The average Bonchev–Trinajstić information content (AvgIpc) is 3.04. The second-order valence-corrected chi connectivity index (χ2v) is 8.49. The minimum absolute atomic E-state index is 0.0213. The first-order valence-corrected chi connectivity index (χ1v) is 11.4. The lowest BCUT2D eigenvalue weighted by atomic mass is 9.78. The molecule has 1 aliphatic carbocycles. The lowest BCUT2D eigenvalue weighted by molar-refractivity contribution is -0.116. The van der Waals surface area contributed by atoms with Gasteiger partial charge in [0.2, 0.25) is 0 Å². The summed E-state index contributed by atoms with van der Waals surface area (Å²) in [4.78, 5) is 13.8. The van der Waals surface area contributed by atoms with Crippen LogP contribution < -0.4 is 24.8 Å². The number of fused-ring (bicyclic) bond motifs is 1. The van der Waals surface area contributed by atoms with Gasteiger partial charge < -0.3 is 24.8 Å². The molecule has 6 nitrogen and oxygen atoms in total. The molecule has 2 atom stereocenters. The number of ether oxygens (including phenoxy) is 3. The van der Waals surface area contributed by atoms with Crippen molar-refractivity contribution in [3.8, 4) is 17.2 Å². The molecule has 2 N–H and O–H groups in total. The zero-order chi connectivity index (χ0) is 23.7. The highest BCUT2D eigenvalue weighted by molar-refractivity contribution is 6.01. The zero-order valence-electron chi connectivity index (χ0n) is 19.6. The van der Waals surface area contributed by atoms with Gasteiger partial charge in [0.1, 0.15) is 5.75 Å². The number of hydrogen-bond donors (Lipinski definition) is 2. The average molecular weight is 457 g/mol. The number of ketones is 1. The van der Waals surface area contributed by atoms with Crippen molar-refractivity contribution >= 4 is 17.2 Å². The molecule has 0 aromatic heterocycles. The number of methoxy groups -OCH3 is 3. The van der Waals surface area contributed by atoms with E-state index in [1.54, 1.807) is 21.3 Å². The van der Waals surface area contributed by atoms with E-state index >= 15 is 0 Å². The van der Waals surface area contributed by atoms with Gasteiger partial charge in [0.25, 0.3) is 0 Å². The topological polar surface area (TPSA) is 68.8 Å². The molecule has 0 unspecified atom stereocenters. The number of rotatable bonds is 5. The first-order chi connectivity index (χ1) is 16.6. The van der Waals surface area contributed by atoms with Crippen LogP contribution in [-0.2, 0) is 4.79 Å². The molecule has 1 aliphatic heterocycles. The van der Waals surface area contributed by atoms with Crippen molar-refractivity contribution in [1.82, 2.24) is 0 Å². The Kier molecular flexibility index (Phi) is 5.88. The van der Waals surface area contributed by atoms with Crippen molar-refractivity contribution in [2.75, 3.05) is 32.0 Å². The summed E-state index contributed by atoms with van der Waals surface area (Å²) in [5, 5.41) is 7.19. The number of anilines is 2. The Labute approximate surface area is 199 Å². The van der Waals surface area contributed by atoms with Gasteiger partial charge >= 0.3 is 0 Å². The summed E-state index contributed by atoms with van der Waals surface area (Å²) in [6.07, 6.45) is 1.10. The number of para-hydroxylation sites is 4. The van der Waals surface area contributed by atoms with E-state index in [1.807, 2.05) is 66.7 Å². The first-order valence-electron chi connectivity index (χ1n) is 11.4. The number of hydrogen-bond acceptors (Lipinski definition) is 6. The molecule has 0 radical (unpaired) electrons. The quantitative estimate of drug-likeness (QED) is 0.514. The van der Waals surface area contributed by atoms with Crippen LogP contribution in [0.5, 0.6) is 17.2 Å². The Bertz CT molecular complexity index is 1270. The van der Waals surface area contributed by atoms with Crippen LogP contribution in [0.1, 0.15) is 35.9 Å². The molecular weight excluding hydrogens is 428 g/mol. The standard InChI is InChI=1S/C28H28N2O4/c1-32-24-13-7-4-9-18(24)17-15-22-26(23(31)16-17)27(30-21-12-6-5-11-20(21)29-22)19-10-8-14-25(33-2)28(19)34-3/h4-14,17,27,29-30H,15-16H2,1-3H3/t17-,27+/m0/s1.